The second-order valence-corrected chi connectivity index (χ2v) is 2.08. The topological polar surface area (TPSA) is 75.7 Å². The van der Waals surface area contributed by atoms with Crippen molar-refractivity contribution in [3.05, 3.63) is 17.5 Å². The Labute approximate surface area is 61.1 Å². The van der Waals surface area contributed by atoms with Crippen molar-refractivity contribution in [1.29, 1.82) is 0 Å². The summed E-state index contributed by atoms with van der Waals surface area (Å²) in [5.41, 5.74) is 0.534. The highest BCUT2D eigenvalue weighted by molar-refractivity contribution is 6.49. The Hall–Kier alpha value is -1.78. The number of Topliss-reactive ketones (excluding diaryl/α,β-unsaturated/α-hetero) is 1. The number of ketones is 2. The molecule has 0 fully saturated rings. The zero-order chi connectivity index (χ0) is 7.84. The lowest BCUT2D eigenvalue weighted by Crippen LogP contribution is -2.16. The van der Waals surface area contributed by atoms with Crippen LogP contribution >= 0.6 is 0 Å². The lowest BCUT2D eigenvalue weighted by atomic mass is 10.1. The van der Waals surface area contributed by atoms with E-state index >= 15 is 0 Å². The summed E-state index contributed by atoms with van der Waals surface area (Å²) < 4.78 is 0. The molecule has 1 aromatic heterocycles. The van der Waals surface area contributed by atoms with Gasteiger partial charge in [-0.25, -0.2) is 0 Å². The summed E-state index contributed by atoms with van der Waals surface area (Å²) in [6.07, 6.45) is 2.65. The van der Waals surface area contributed by atoms with E-state index in [2.05, 4.69) is 15.4 Å². The van der Waals surface area contributed by atoms with E-state index in [4.69, 9.17) is 0 Å². The number of aromatic amines is 1. The first-order valence-corrected chi connectivity index (χ1v) is 2.96. The molecule has 0 saturated heterocycles. The third-order valence-corrected chi connectivity index (χ3v) is 1.41. The van der Waals surface area contributed by atoms with Crippen LogP contribution < -0.4 is 0 Å². The number of fused-ring (bicyclic) bond motifs is 1. The number of rotatable bonds is 0. The van der Waals surface area contributed by atoms with Crippen LogP contribution in [-0.2, 0) is 4.79 Å². The van der Waals surface area contributed by atoms with Gasteiger partial charge in [0.05, 0.1) is 0 Å². The maximum atomic E-state index is 11.0. The predicted molar refractivity (Wildman–Crippen MR) is 34.8 cm³/mol. The molecule has 2 rings (SSSR count). The van der Waals surface area contributed by atoms with Gasteiger partial charge in [-0.2, -0.15) is 15.4 Å². The van der Waals surface area contributed by atoms with Gasteiger partial charge < -0.3 is 0 Å². The van der Waals surface area contributed by atoms with Crippen molar-refractivity contribution in [2.24, 2.45) is 0 Å². The number of hydrogen-bond acceptors (Lipinski definition) is 4. The van der Waals surface area contributed by atoms with Gasteiger partial charge in [0, 0.05) is 0 Å². The summed E-state index contributed by atoms with van der Waals surface area (Å²) in [7, 11) is 0. The summed E-state index contributed by atoms with van der Waals surface area (Å²) in [6, 6.07) is 0. The Morgan fingerprint density at radius 1 is 1.18 bits per heavy atom. The molecule has 0 saturated carbocycles. The summed E-state index contributed by atoms with van der Waals surface area (Å²) in [4.78, 5) is 21.7. The zero-order valence-corrected chi connectivity index (χ0v) is 5.37. The molecule has 0 amide bonds. The second-order valence-electron chi connectivity index (χ2n) is 2.08. The maximum absolute atomic E-state index is 11.0. The van der Waals surface area contributed by atoms with Crippen LogP contribution in [0.15, 0.2) is 6.08 Å². The standard InChI is InChI=1S/C6H3N3O2/c10-4-2-1-3-5(6(4)11)8-9-7-3/h1-2H,(H,7,8,9). The minimum absolute atomic E-state index is 0.109. The minimum atomic E-state index is -0.601. The molecule has 0 radical (unpaired) electrons. The first-order chi connectivity index (χ1) is 5.29. The van der Waals surface area contributed by atoms with E-state index in [0.717, 1.165) is 0 Å². The molecule has 5 nitrogen and oxygen atoms in total. The molecule has 5 heteroatoms. The van der Waals surface area contributed by atoms with Gasteiger partial charge in [0.1, 0.15) is 5.69 Å². The molecule has 1 aliphatic carbocycles. The molecule has 11 heavy (non-hydrogen) atoms. The van der Waals surface area contributed by atoms with Gasteiger partial charge in [-0.1, -0.05) is 0 Å². The van der Waals surface area contributed by atoms with Gasteiger partial charge >= 0.3 is 0 Å². The number of aromatic nitrogens is 3. The van der Waals surface area contributed by atoms with Crippen LogP contribution in [0.4, 0.5) is 0 Å². The summed E-state index contributed by atoms with van der Waals surface area (Å²) in [5.74, 6) is -1.15. The van der Waals surface area contributed by atoms with E-state index in [9.17, 15) is 9.59 Å². The van der Waals surface area contributed by atoms with Crippen molar-refractivity contribution in [3.8, 4) is 0 Å². The lowest BCUT2D eigenvalue weighted by Gasteiger charge is -1.96. The summed E-state index contributed by atoms with van der Waals surface area (Å²) >= 11 is 0. The number of nitrogens with zero attached hydrogens (tertiary/aromatic N) is 2. The fourth-order valence-electron chi connectivity index (χ4n) is 0.869. The van der Waals surface area contributed by atoms with Crippen molar-refractivity contribution in [3.63, 3.8) is 0 Å². The van der Waals surface area contributed by atoms with Gasteiger partial charge in [-0.15, -0.1) is 0 Å². The third-order valence-electron chi connectivity index (χ3n) is 1.41. The predicted octanol–water partition coefficient (Wildman–Crippen LogP) is -0.417. The van der Waals surface area contributed by atoms with E-state index in [1.54, 1.807) is 0 Å². The third kappa shape index (κ3) is 0.706. The maximum Gasteiger partial charge on any atom is 0.255 e. The number of hydrogen-bond donors (Lipinski definition) is 1. The summed E-state index contributed by atoms with van der Waals surface area (Å²) in [6.45, 7) is 0. The second kappa shape index (κ2) is 1.85. The van der Waals surface area contributed by atoms with Crippen molar-refractivity contribution >= 4 is 17.6 Å². The van der Waals surface area contributed by atoms with E-state index < -0.39 is 11.6 Å². The molecule has 0 unspecified atom stereocenters. The van der Waals surface area contributed by atoms with Crippen molar-refractivity contribution in [2.75, 3.05) is 0 Å². The molecule has 0 bridgehead atoms. The summed E-state index contributed by atoms with van der Waals surface area (Å²) in [5, 5.41) is 9.44. The van der Waals surface area contributed by atoms with Crippen LogP contribution in [-0.4, -0.2) is 27.0 Å². The monoisotopic (exact) mass is 149 g/mol. The molecule has 54 valence electrons. The fourth-order valence-corrected chi connectivity index (χ4v) is 0.869. The molecule has 0 atom stereocenters. The van der Waals surface area contributed by atoms with Gasteiger partial charge in [0.15, 0.2) is 5.69 Å². The number of nitrogens with one attached hydrogen (secondary N) is 1. The Morgan fingerprint density at radius 2 is 2.00 bits per heavy atom. The highest BCUT2D eigenvalue weighted by Gasteiger charge is 2.23. The first kappa shape index (κ1) is 5.96. The molecular weight excluding hydrogens is 146 g/mol. The normalized spacial score (nSPS) is 15.3. The SMILES string of the molecule is O=C1C=Cc2n[nH]nc2C1=O. The molecule has 0 spiro atoms. The number of carbonyl (C=O) groups is 2. The zero-order valence-electron chi connectivity index (χ0n) is 5.37. The molecular formula is C6H3N3O2. The molecule has 0 aromatic carbocycles. The average Bonchev–Trinajstić information content (AvgIpc) is 2.45. The van der Waals surface area contributed by atoms with Crippen LogP contribution in [0, 0.1) is 0 Å². The smallest absolute Gasteiger partial charge is 0.255 e. The van der Waals surface area contributed by atoms with Gasteiger partial charge in [0.2, 0.25) is 5.78 Å². The lowest BCUT2D eigenvalue weighted by molar-refractivity contribution is -0.111. The van der Waals surface area contributed by atoms with E-state index in [-0.39, 0.29) is 5.69 Å². The minimum Gasteiger partial charge on any atom is -0.285 e. The van der Waals surface area contributed by atoms with Crippen LogP contribution in [0.5, 0.6) is 0 Å². The van der Waals surface area contributed by atoms with Crippen LogP contribution in [0.25, 0.3) is 6.08 Å². The molecule has 0 aliphatic heterocycles. The van der Waals surface area contributed by atoms with Crippen molar-refractivity contribution in [1.82, 2.24) is 15.4 Å². The Bertz CT molecular complexity index is 364. The van der Waals surface area contributed by atoms with Crippen molar-refractivity contribution < 1.29 is 9.59 Å². The number of carbonyl (C=O) groups excluding carboxylic acids is 2. The first-order valence-electron chi connectivity index (χ1n) is 2.96. The number of H-pyrrole nitrogens is 1. The molecule has 1 N–H and O–H groups in total. The highest BCUT2D eigenvalue weighted by Crippen LogP contribution is 2.10. The highest BCUT2D eigenvalue weighted by atomic mass is 16.2. The van der Waals surface area contributed by atoms with Gasteiger partial charge in [-0.05, 0) is 12.2 Å². The Balaban J connectivity index is 2.66. The van der Waals surface area contributed by atoms with Gasteiger partial charge in [-0.3, -0.25) is 9.59 Å². The van der Waals surface area contributed by atoms with Crippen molar-refractivity contribution in [2.45, 2.75) is 0 Å². The molecule has 1 heterocycles. The molecule has 1 aromatic rings. The van der Waals surface area contributed by atoms with E-state index in [0.29, 0.717) is 5.69 Å². The average molecular weight is 149 g/mol. The number of allylic oxidation sites excluding steroid dienone is 1. The largest absolute Gasteiger partial charge is 0.285 e. The van der Waals surface area contributed by atoms with Crippen LogP contribution in [0.3, 0.4) is 0 Å². The van der Waals surface area contributed by atoms with Gasteiger partial charge in [0.25, 0.3) is 5.78 Å². The van der Waals surface area contributed by atoms with Crippen LogP contribution in [0.2, 0.25) is 0 Å². The van der Waals surface area contributed by atoms with Crippen LogP contribution in [0.1, 0.15) is 16.2 Å². The Morgan fingerprint density at radius 3 is 2.82 bits per heavy atom. The fraction of sp³-hybridized carbons (Fsp3) is 0. The van der Waals surface area contributed by atoms with E-state index in [1.807, 2.05) is 0 Å². The quantitative estimate of drug-likeness (QED) is 0.508. The van der Waals surface area contributed by atoms with E-state index in [1.165, 1.54) is 12.2 Å². The Kier molecular flexibility index (Phi) is 1.00. The molecule has 1 aliphatic rings.